The molecule has 3 rings (SSSR count). The van der Waals surface area contributed by atoms with Gasteiger partial charge in [0.2, 0.25) is 0 Å². The number of ether oxygens (including phenoxy) is 1. The lowest BCUT2D eigenvalue weighted by atomic mass is 10.0. The number of hydrogen-bond donors (Lipinski definition) is 2. The summed E-state index contributed by atoms with van der Waals surface area (Å²) in [6.07, 6.45) is 2.20. The molecule has 6 nitrogen and oxygen atoms in total. The molecule has 1 fully saturated rings. The van der Waals surface area contributed by atoms with Crippen LogP contribution in [-0.2, 0) is 11.2 Å². The van der Waals surface area contributed by atoms with Crippen LogP contribution in [0.15, 0.2) is 48.5 Å². The van der Waals surface area contributed by atoms with Gasteiger partial charge in [0.1, 0.15) is 11.5 Å². The third kappa shape index (κ3) is 4.82. The number of phenolic OH excluding ortho intramolecular Hbond substituents is 1. The van der Waals surface area contributed by atoms with Crippen molar-refractivity contribution in [2.24, 2.45) is 0 Å². The molecular formula is C22H26N2O4. The number of carbonyl (C=O) groups excluding carboxylic acids is 2. The van der Waals surface area contributed by atoms with Crippen LogP contribution in [0.4, 0.5) is 0 Å². The number of amides is 2. The predicted molar refractivity (Wildman–Crippen MR) is 106 cm³/mol. The van der Waals surface area contributed by atoms with E-state index in [-0.39, 0.29) is 30.2 Å². The Kier molecular flexibility index (Phi) is 6.53. The number of nitrogens with zero attached hydrogens (tertiary/aromatic N) is 1. The van der Waals surface area contributed by atoms with Crippen molar-refractivity contribution >= 4 is 11.8 Å². The first-order valence-electron chi connectivity index (χ1n) is 9.65. The Morgan fingerprint density at radius 1 is 1.11 bits per heavy atom. The molecule has 28 heavy (non-hydrogen) atoms. The van der Waals surface area contributed by atoms with Crippen LogP contribution >= 0.6 is 0 Å². The summed E-state index contributed by atoms with van der Waals surface area (Å²) < 4.78 is 5.66. The van der Waals surface area contributed by atoms with Crippen LogP contribution in [0.1, 0.15) is 35.7 Å². The second kappa shape index (κ2) is 9.26. The zero-order valence-corrected chi connectivity index (χ0v) is 16.1. The van der Waals surface area contributed by atoms with E-state index in [4.69, 9.17) is 4.74 Å². The normalized spacial score (nSPS) is 14.5. The Balaban J connectivity index is 1.46. The van der Waals surface area contributed by atoms with E-state index in [0.29, 0.717) is 31.5 Å². The molecule has 0 spiro atoms. The molecule has 6 heteroatoms. The minimum Gasteiger partial charge on any atom is -0.507 e. The molecule has 0 aromatic heterocycles. The molecule has 0 unspecified atom stereocenters. The fourth-order valence-electron chi connectivity index (χ4n) is 3.40. The van der Waals surface area contributed by atoms with Crippen LogP contribution in [0.5, 0.6) is 11.5 Å². The van der Waals surface area contributed by atoms with Gasteiger partial charge < -0.3 is 20.1 Å². The average molecular weight is 382 g/mol. The number of hydrogen-bond acceptors (Lipinski definition) is 4. The Labute approximate surface area is 165 Å². The van der Waals surface area contributed by atoms with Gasteiger partial charge in [0.25, 0.3) is 11.8 Å². The summed E-state index contributed by atoms with van der Waals surface area (Å²) in [4.78, 5) is 26.5. The van der Waals surface area contributed by atoms with Gasteiger partial charge in [-0.2, -0.15) is 0 Å². The highest BCUT2D eigenvalue weighted by Gasteiger charge is 2.25. The summed E-state index contributed by atoms with van der Waals surface area (Å²) in [5.74, 6) is 0.398. The first kappa shape index (κ1) is 19.7. The first-order valence-corrected chi connectivity index (χ1v) is 9.65. The molecule has 2 N–H and O–H groups in total. The lowest BCUT2D eigenvalue weighted by Gasteiger charge is -2.32. The number of nitrogens with one attached hydrogen (secondary N) is 1. The third-order valence-corrected chi connectivity index (χ3v) is 4.99. The minimum atomic E-state index is -0.178. The highest BCUT2D eigenvalue weighted by molar-refractivity contribution is 5.96. The summed E-state index contributed by atoms with van der Waals surface area (Å²) in [5, 5.41) is 12.8. The maximum absolute atomic E-state index is 12.5. The Hall–Kier alpha value is -3.02. The van der Waals surface area contributed by atoms with Crippen LogP contribution in [0, 0.1) is 0 Å². The summed E-state index contributed by atoms with van der Waals surface area (Å²) in [5.41, 5.74) is 1.39. The fraction of sp³-hybridized carbons (Fsp3) is 0.364. The van der Waals surface area contributed by atoms with Crippen molar-refractivity contribution < 1.29 is 19.4 Å². The molecule has 2 amide bonds. The second-order valence-electron chi connectivity index (χ2n) is 6.90. The van der Waals surface area contributed by atoms with Gasteiger partial charge in [0.05, 0.1) is 5.56 Å². The van der Waals surface area contributed by atoms with Crippen LogP contribution in [0.2, 0.25) is 0 Å². The van der Waals surface area contributed by atoms with Gasteiger partial charge in [-0.05, 0) is 43.0 Å². The van der Waals surface area contributed by atoms with Gasteiger partial charge in [-0.1, -0.05) is 37.3 Å². The number of aryl methyl sites for hydroxylation is 1. The molecule has 2 aromatic carbocycles. The van der Waals surface area contributed by atoms with Crippen LogP contribution < -0.4 is 10.1 Å². The Morgan fingerprint density at radius 3 is 2.50 bits per heavy atom. The Morgan fingerprint density at radius 2 is 1.79 bits per heavy atom. The van der Waals surface area contributed by atoms with Crippen molar-refractivity contribution in [3.8, 4) is 11.5 Å². The van der Waals surface area contributed by atoms with Crippen molar-refractivity contribution in [2.75, 3.05) is 19.7 Å². The van der Waals surface area contributed by atoms with E-state index in [1.54, 1.807) is 23.1 Å². The smallest absolute Gasteiger partial charge is 0.258 e. The average Bonchev–Trinajstić information content (AvgIpc) is 2.73. The van der Waals surface area contributed by atoms with E-state index in [9.17, 15) is 14.7 Å². The summed E-state index contributed by atoms with van der Waals surface area (Å²) >= 11 is 0. The fourth-order valence-corrected chi connectivity index (χ4v) is 3.40. The van der Waals surface area contributed by atoms with Gasteiger partial charge in [0, 0.05) is 19.1 Å². The monoisotopic (exact) mass is 382 g/mol. The number of aromatic hydroxyl groups is 1. The van der Waals surface area contributed by atoms with E-state index in [0.717, 1.165) is 17.7 Å². The van der Waals surface area contributed by atoms with E-state index >= 15 is 0 Å². The topological polar surface area (TPSA) is 78.9 Å². The number of piperidine rings is 1. The predicted octanol–water partition coefficient (Wildman–Crippen LogP) is 2.75. The summed E-state index contributed by atoms with van der Waals surface area (Å²) in [6, 6.07) is 14.3. The van der Waals surface area contributed by atoms with Gasteiger partial charge in [-0.3, -0.25) is 9.59 Å². The third-order valence-electron chi connectivity index (χ3n) is 4.99. The standard InChI is InChI=1S/C22H26N2O4/c1-2-16-7-3-6-10-20(16)28-15-21(26)23-17-11-13-24(14-12-17)22(27)18-8-4-5-9-19(18)25/h3-10,17,25H,2,11-15H2,1H3,(H,23,26). The zero-order valence-electron chi connectivity index (χ0n) is 16.1. The highest BCUT2D eigenvalue weighted by Crippen LogP contribution is 2.21. The molecule has 0 atom stereocenters. The van der Waals surface area contributed by atoms with Crippen molar-refractivity contribution in [3.05, 3.63) is 59.7 Å². The molecule has 0 radical (unpaired) electrons. The van der Waals surface area contributed by atoms with Crippen molar-refractivity contribution in [2.45, 2.75) is 32.2 Å². The molecule has 1 aliphatic heterocycles. The first-order chi connectivity index (χ1) is 13.6. The van der Waals surface area contributed by atoms with Crippen molar-refractivity contribution in [1.29, 1.82) is 0 Å². The molecule has 148 valence electrons. The number of benzene rings is 2. The van der Waals surface area contributed by atoms with Crippen molar-refractivity contribution in [3.63, 3.8) is 0 Å². The quantitative estimate of drug-likeness (QED) is 0.805. The molecule has 1 saturated heterocycles. The SMILES string of the molecule is CCc1ccccc1OCC(=O)NC1CCN(C(=O)c2ccccc2O)CC1. The van der Waals surface area contributed by atoms with Crippen LogP contribution in [-0.4, -0.2) is 47.6 Å². The minimum absolute atomic E-state index is 0.00700. The number of carbonyl (C=O) groups is 2. The molecule has 0 saturated carbocycles. The zero-order chi connectivity index (χ0) is 19.9. The Bertz CT molecular complexity index is 829. The van der Waals surface area contributed by atoms with Gasteiger partial charge >= 0.3 is 0 Å². The molecule has 2 aromatic rings. The van der Waals surface area contributed by atoms with E-state index in [1.165, 1.54) is 6.07 Å². The van der Waals surface area contributed by atoms with E-state index in [1.807, 2.05) is 31.2 Å². The maximum atomic E-state index is 12.5. The number of para-hydroxylation sites is 2. The van der Waals surface area contributed by atoms with Crippen molar-refractivity contribution in [1.82, 2.24) is 10.2 Å². The van der Waals surface area contributed by atoms with Crippen LogP contribution in [0.25, 0.3) is 0 Å². The lowest BCUT2D eigenvalue weighted by Crippen LogP contribution is -2.47. The largest absolute Gasteiger partial charge is 0.507 e. The van der Waals surface area contributed by atoms with E-state index < -0.39 is 0 Å². The van der Waals surface area contributed by atoms with Crippen LogP contribution in [0.3, 0.4) is 0 Å². The highest BCUT2D eigenvalue weighted by atomic mass is 16.5. The van der Waals surface area contributed by atoms with Gasteiger partial charge in [-0.15, -0.1) is 0 Å². The van der Waals surface area contributed by atoms with Gasteiger partial charge in [-0.25, -0.2) is 0 Å². The lowest BCUT2D eigenvalue weighted by molar-refractivity contribution is -0.124. The molecular weight excluding hydrogens is 356 g/mol. The summed E-state index contributed by atoms with van der Waals surface area (Å²) in [7, 11) is 0. The number of rotatable bonds is 6. The maximum Gasteiger partial charge on any atom is 0.258 e. The second-order valence-corrected chi connectivity index (χ2v) is 6.90. The molecule has 0 bridgehead atoms. The molecule has 1 heterocycles. The number of likely N-dealkylation sites (tertiary alicyclic amines) is 1. The van der Waals surface area contributed by atoms with E-state index in [2.05, 4.69) is 5.32 Å². The summed E-state index contributed by atoms with van der Waals surface area (Å²) in [6.45, 7) is 3.11. The molecule has 1 aliphatic rings. The molecule has 0 aliphatic carbocycles. The van der Waals surface area contributed by atoms with Gasteiger partial charge in [0.15, 0.2) is 6.61 Å². The number of phenols is 1.